The van der Waals surface area contributed by atoms with Gasteiger partial charge in [0.25, 0.3) is 0 Å². The number of nitrogen functional groups attached to an aromatic ring is 1. The van der Waals surface area contributed by atoms with Crippen LogP contribution in [0.15, 0.2) is 12.4 Å². The molecule has 2 aromatic heterocycles. The Morgan fingerprint density at radius 3 is 2.92 bits per heavy atom. The summed E-state index contributed by atoms with van der Waals surface area (Å²) in [5, 5.41) is 0. The summed E-state index contributed by atoms with van der Waals surface area (Å²) in [6, 6.07) is 0. The van der Waals surface area contributed by atoms with E-state index >= 15 is 0 Å². The average Bonchev–Trinajstić information content (AvgIpc) is 2.33. The summed E-state index contributed by atoms with van der Waals surface area (Å²) in [6.07, 6.45) is 3.71. The van der Waals surface area contributed by atoms with Crippen molar-refractivity contribution >= 4 is 11.5 Å². The molecule has 0 aliphatic heterocycles. The van der Waals surface area contributed by atoms with Gasteiger partial charge in [0.2, 0.25) is 0 Å². The number of hydrogen-bond donors (Lipinski definition) is 1. The smallest absolute Gasteiger partial charge is 0.180 e. The summed E-state index contributed by atoms with van der Waals surface area (Å²) in [5.41, 5.74) is 8.39. The second kappa shape index (κ2) is 2.20. The lowest BCUT2D eigenvalue weighted by atomic mass is 10.4. The van der Waals surface area contributed by atoms with Gasteiger partial charge in [-0.2, -0.15) is 0 Å². The molecule has 0 saturated carbocycles. The van der Waals surface area contributed by atoms with Crippen LogP contribution >= 0.6 is 0 Å². The topological polar surface area (TPSA) is 56.2 Å². The van der Waals surface area contributed by atoms with Crippen molar-refractivity contribution in [2.45, 2.75) is 13.8 Å². The highest BCUT2D eigenvalue weighted by Crippen LogP contribution is 2.11. The average molecular weight is 162 g/mol. The van der Waals surface area contributed by atoms with Crippen LogP contribution in [0, 0.1) is 13.8 Å². The predicted octanol–water partition coefficient (Wildman–Crippen LogP) is 0.928. The van der Waals surface area contributed by atoms with Crippen molar-refractivity contribution in [3.05, 3.63) is 23.8 Å². The zero-order chi connectivity index (χ0) is 8.72. The number of hydrogen-bond acceptors (Lipinski definition) is 3. The lowest BCUT2D eigenvalue weighted by Crippen LogP contribution is -1.99. The van der Waals surface area contributed by atoms with Crippen LogP contribution < -0.4 is 5.73 Å². The van der Waals surface area contributed by atoms with Crippen LogP contribution in [0.1, 0.15) is 11.4 Å². The monoisotopic (exact) mass is 162 g/mol. The third-order valence-electron chi connectivity index (χ3n) is 1.82. The van der Waals surface area contributed by atoms with Gasteiger partial charge in [0.05, 0.1) is 5.69 Å². The quantitative estimate of drug-likeness (QED) is 0.627. The maximum atomic E-state index is 5.68. The summed E-state index contributed by atoms with van der Waals surface area (Å²) >= 11 is 0. The van der Waals surface area contributed by atoms with Gasteiger partial charge in [0.1, 0.15) is 0 Å². The van der Waals surface area contributed by atoms with Crippen molar-refractivity contribution in [3.63, 3.8) is 0 Å². The van der Waals surface area contributed by atoms with Gasteiger partial charge < -0.3 is 5.73 Å². The Morgan fingerprint density at radius 1 is 1.42 bits per heavy atom. The molecule has 12 heavy (non-hydrogen) atoms. The summed E-state index contributed by atoms with van der Waals surface area (Å²) in [7, 11) is 0. The van der Waals surface area contributed by atoms with Crippen molar-refractivity contribution in [1.82, 2.24) is 14.4 Å². The minimum Gasteiger partial charge on any atom is -0.381 e. The highest BCUT2D eigenvalue weighted by molar-refractivity contribution is 5.60. The highest BCUT2D eigenvalue weighted by Gasteiger charge is 2.03. The van der Waals surface area contributed by atoms with Gasteiger partial charge in [-0.1, -0.05) is 0 Å². The second-order valence-electron chi connectivity index (χ2n) is 2.86. The summed E-state index contributed by atoms with van der Waals surface area (Å²) < 4.78 is 1.94. The molecular weight excluding hydrogens is 152 g/mol. The number of aryl methyl sites for hydroxylation is 2. The Bertz CT molecular complexity index is 430. The molecule has 2 N–H and O–H groups in total. The molecule has 2 rings (SSSR count). The van der Waals surface area contributed by atoms with Gasteiger partial charge in [0, 0.05) is 18.1 Å². The first kappa shape index (κ1) is 7.09. The van der Waals surface area contributed by atoms with Crippen LogP contribution in [0.5, 0.6) is 0 Å². The number of aromatic nitrogens is 3. The maximum absolute atomic E-state index is 5.68. The van der Waals surface area contributed by atoms with E-state index in [0.29, 0.717) is 5.82 Å². The number of rotatable bonds is 0. The van der Waals surface area contributed by atoms with Gasteiger partial charge in [-0.3, -0.25) is 4.40 Å². The first-order valence-electron chi connectivity index (χ1n) is 3.75. The van der Waals surface area contributed by atoms with Crippen molar-refractivity contribution in [2.75, 3.05) is 5.73 Å². The van der Waals surface area contributed by atoms with Crippen LogP contribution in [-0.2, 0) is 0 Å². The fourth-order valence-electron chi connectivity index (χ4n) is 1.25. The zero-order valence-corrected chi connectivity index (χ0v) is 7.07. The van der Waals surface area contributed by atoms with Crippen LogP contribution in [0.4, 0.5) is 5.82 Å². The molecule has 4 nitrogen and oxygen atoms in total. The first-order valence-corrected chi connectivity index (χ1v) is 3.75. The minimum atomic E-state index is 0.489. The molecule has 0 atom stereocenters. The molecule has 0 bridgehead atoms. The maximum Gasteiger partial charge on any atom is 0.180 e. The van der Waals surface area contributed by atoms with Gasteiger partial charge in [0.15, 0.2) is 11.5 Å². The molecule has 2 aromatic rings. The fraction of sp³-hybridized carbons (Fsp3) is 0.250. The van der Waals surface area contributed by atoms with Gasteiger partial charge >= 0.3 is 0 Å². The van der Waals surface area contributed by atoms with Gasteiger partial charge in [-0.25, -0.2) is 9.97 Å². The number of anilines is 1. The van der Waals surface area contributed by atoms with Crippen molar-refractivity contribution in [1.29, 1.82) is 0 Å². The van der Waals surface area contributed by atoms with Gasteiger partial charge in [-0.15, -0.1) is 0 Å². The number of nitrogens with zero attached hydrogens (tertiary/aromatic N) is 3. The van der Waals surface area contributed by atoms with Crippen LogP contribution in [0.25, 0.3) is 5.65 Å². The Kier molecular flexibility index (Phi) is 1.30. The molecule has 4 heteroatoms. The van der Waals surface area contributed by atoms with E-state index in [1.165, 1.54) is 0 Å². The van der Waals surface area contributed by atoms with E-state index in [1.807, 2.05) is 24.4 Å². The second-order valence-corrected chi connectivity index (χ2v) is 2.86. The summed E-state index contributed by atoms with van der Waals surface area (Å²) in [5.74, 6) is 0.489. The Morgan fingerprint density at radius 2 is 2.17 bits per heavy atom. The fourth-order valence-corrected chi connectivity index (χ4v) is 1.25. The standard InChI is InChI=1S/C8H10N4/c1-5-4-12-6(2)3-10-8(12)7(9)11-5/h3-4H,1-2H3,(H2,9,11). The van der Waals surface area contributed by atoms with Gasteiger partial charge in [-0.05, 0) is 13.8 Å². The summed E-state index contributed by atoms with van der Waals surface area (Å²) in [6.45, 7) is 3.90. The molecule has 2 heterocycles. The molecule has 62 valence electrons. The molecule has 0 radical (unpaired) electrons. The normalized spacial score (nSPS) is 10.8. The van der Waals surface area contributed by atoms with Crippen molar-refractivity contribution in [2.24, 2.45) is 0 Å². The molecular formula is C8H10N4. The molecule has 0 aliphatic carbocycles. The van der Waals surface area contributed by atoms with Crippen LogP contribution in [0.3, 0.4) is 0 Å². The SMILES string of the molecule is Cc1cn2c(C)cnc2c(N)n1. The molecule has 0 aliphatic rings. The predicted molar refractivity (Wildman–Crippen MR) is 46.9 cm³/mol. The van der Waals surface area contributed by atoms with E-state index < -0.39 is 0 Å². The Labute approximate surface area is 70.1 Å². The van der Waals surface area contributed by atoms with E-state index in [1.54, 1.807) is 6.20 Å². The number of imidazole rings is 1. The van der Waals surface area contributed by atoms with E-state index in [2.05, 4.69) is 9.97 Å². The largest absolute Gasteiger partial charge is 0.381 e. The third-order valence-corrected chi connectivity index (χ3v) is 1.82. The minimum absolute atomic E-state index is 0.489. The lowest BCUT2D eigenvalue weighted by molar-refractivity contribution is 1.04. The van der Waals surface area contributed by atoms with E-state index in [-0.39, 0.29) is 0 Å². The highest BCUT2D eigenvalue weighted by atomic mass is 15.1. The molecule has 0 fully saturated rings. The Balaban J connectivity index is 2.92. The molecule has 0 aromatic carbocycles. The van der Waals surface area contributed by atoms with E-state index in [0.717, 1.165) is 17.0 Å². The Hall–Kier alpha value is -1.58. The van der Waals surface area contributed by atoms with E-state index in [9.17, 15) is 0 Å². The van der Waals surface area contributed by atoms with Crippen LogP contribution in [0.2, 0.25) is 0 Å². The van der Waals surface area contributed by atoms with Crippen molar-refractivity contribution in [3.8, 4) is 0 Å². The number of fused-ring (bicyclic) bond motifs is 1. The molecule has 0 saturated heterocycles. The lowest BCUT2D eigenvalue weighted by Gasteiger charge is -2.00. The van der Waals surface area contributed by atoms with E-state index in [4.69, 9.17) is 5.73 Å². The summed E-state index contributed by atoms with van der Waals surface area (Å²) in [4.78, 5) is 8.24. The molecule has 0 spiro atoms. The first-order chi connectivity index (χ1) is 5.68. The van der Waals surface area contributed by atoms with Crippen LogP contribution in [-0.4, -0.2) is 14.4 Å². The number of nitrogens with two attached hydrogens (primary N) is 1. The third kappa shape index (κ3) is 0.845. The molecule has 0 unspecified atom stereocenters. The molecule has 0 amide bonds. The van der Waals surface area contributed by atoms with Crippen molar-refractivity contribution < 1.29 is 0 Å². The zero-order valence-electron chi connectivity index (χ0n) is 7.07.